The van der Waals surface area contributed by atoms with Gasteiger partial charge in [-0.15, -0.1) is 0 Å². The number of nitrogens with one attached hydrogen (secondary N) is 2. The maximum Gasteiger partial charge on any atom is 0.258 e. The summed E-state index contributed by atoms with van der Waals surface area (Å²) in [4.78, 5) is 24.7. The van der Waals surface area contributed by atoms with Crippen molar-refractivity contribution in [3.63, 3.8) is 0 Å². The first-order chi connectivity index (χ1) is 12.5. The Morgan fingerprint density at radius 2 is 1.81 bits per heavy atom. The van der Waals surface area contributed by atoms with Crippen molar-refractivity contribution in [1.82, 2.24) is 5.32 Å². The van der Waals surface area contributed by atoms with Crippen molar-refractivity contribution < 1.29 is 18.4 Å². The molecule has 0 saturated carbocycles. The van der Waals surface area contributed by atoms with Gasteiger partial charge < -0.3 is 15.1 Å². The van der Waals surface area contributed by atoms with Crippen LogP contribution in [-0.4, -0.2) is 11.8 Å². The van der Waals surface area contributed by atoms with Crippen LogP contribution in [0.3, 0.4) is 0 Å². The van der Waals surface area contributed by atoms with Crippen molar-refractivity contribution >= 4 is 29.1 Å². The van der Waals surface area contributed by atoms with Gasteiger partial charge in [0.1, 0.15) is 11.6 Å². The summed E-state index contributed by atoms with van der Waals surface area (Å²) in [7, 11) is 0. The number of carbonyl (C=O) groups excluding carboxylic acids is 2. The summed E-state index contributed by atoms with van der Waals surface area (Å²) in [5.74, 6) is -1.21. The first-order valence-corrected chi connectivity index (χ1v) is 8.08. The van der Waals surface area contributed by atoms with Crippen LogP contribution in [0.2, 0.25) is 5.02 Å². The quantitative estimate of drug-likeness (QED) is 0.703. The van der Waals surface area contributed by atoms with Gasteiger partial charge in [-0.1, -0.05) is 23.7 Å². The topological polar surface area (TPSA) is 71.3 Å². The molecule has 0 bridgehead atoms. The Bertz CT molecular complexity index is 942. The Labute approximate surface area is 153 Å². The van der Waals surface area contributed by atoms with Gasteiger partial charge in [-0.25, -0.2) is 4.39 Å². The Balaban J connectivity index is 1.76. The minimum atomic E-state index is -0.741. The predicted octanol–water partition coefficient (Wildman–Crippen LogP) is 4.25. The van der Waals surface area contributed by atoms with E-state index in [2.05, 4.69) is 10.6 Å². The maximum absolute atomic E-state index is 13.9. The fraction of sp³-hybridized carbons (Fsp3) is 0.0526. The van der Waals surface area contributed by atoms with Crippen molar-refractivity contribution in [2.75, 3.05) is 5.32 Å². The second-order valence-corrected chi connectivity index (χ2v) is 5.82. The molecule has 3 aromatic rings. The second kappa shape index (κ2) is 7.84. The second-order valence-electron chi connectivity index (χ2n) is 5.39. The Hall–Kier alpha value is -3.12. The minimum absolute atomic E-state index is 0.166. The van der Waals surface area contributed by atoms with Crippen LogP contribution in [0.5, 0.6) is 0 Å². The van der Waals surface area contributed by atoms with E-state index >= 15 is 0 Å². The maximum atomic E-state index is 13.9. The third kappa shape index (κ3) is 4.10. The number of halogens is 2. The fourth-order valence-electron chi connectivity index (χ4n) is 2.33. The van der Waals surface area contributed by atoms with E-state index in [0.717, 1.165) is 6.07 Å². The largest absolute Gasteiger partial charge is 0.467 e. The van der Waals surface area contributed by atoms with E-state index < -0.39 is 17.6 Å². The van der Waals surface area contributed by atoms with Crippen LogP contribution in [0.1, 0.15) is 26.5 Å². The highest BCUT2D eigenvalue weighted by Gasteiger charge is 2.16. The van der Waals surface area contributed by atoms with Gasteiger partial charge in [0.2, 0.25) is 0 Å². The molecule has 1 aromatic heterocycles. The number of anilines is 1. The van der Waals surface area contributed by atoms with Crippen molar-refractivity contribution in [2.24, 2.45) is 0 Å². The molecule has 132 valence electrons. The lowest BCUT2D eigenvalue weighted by atomic mass is 10.1. The molecule has 0 aliphatic rings. The zero-order valence-corrected chi connectivity index (χ0v) is 14.2. The molecule has 2 aromatic carbocycles. The third-order valence-electron chi connectivity index (χ3n) is 3.60. The van der Waals surface area contributed by atoms with Gasteiger partial charge >= 0.3 is 0 Å². The van der Waals surface area contributed by atoms with Gasteiger partial charge in [0.15, 0.2) is 0 Å². The Morgan fingerprint density at radius 1 is 1.00 bits per heavy atom. The van der Waals surface area contributed by atoms with Crippen LogP contribution in [0.4, 0.5) is 10.1 Å². The highest BCUT2D eigenvalue weighted by atomic mass is 35.5. The standard InChI is InChI=1S/C19H14ClFN2O3/c20-12-7-8-14(16(21)10-12)19(25)23-17-6-2-1-5-15(17)18(24)22-11-13-4-3-9-26-13/h1-10H,11H2,(H,22,24)(H,23,25). The number of hydrogen-bond acceptors (Lipinski definition) is 3. The van der Waals surface area contributed by atoms with Crippen LogP contribution < -0.4 is 10.6 Å². The summed E-state index contributed by atoms with van der Waals surface area (Å²) in [6, 6.07) is 13.7. The van der Waals surface area contributed by atoms with Crippen molar-refractivity contribution in [1.29, 1.82) is 0 Å². The lowest BCUT2D eigenvalue weighted by molar-refractivity contribution is 0.0949. The summed E-state index contributed by atoms with van der Waals surface area (Å²) >= 11 is 5.69. The smallest absolute Gasteiger partial charge is 0.258 e. The normalized spacial score (nSPS) is 10.4. The third-order valence-corrected chi connectivity index (χ3v) is 3.83. The SMILES string of the molecule is O=C(Nc1ccccc1C(=O)NCc1ccco1)c1ccc(Cl)cc1F. The van der Waals surface area contributed by atoms with E-state index in [9.17, 15) is 14.0 Å². The van der Waals surface area contributed by atoms with Gasteiger partial charge in [0.25, 0.3) is 11.8 Å². The number of rotatable bonds is 5. The van der Waals surface area contributed by atoms with Crippen LogP contribution in [-0.2, 0) is 6.54 Å². The minimum Gasteiger partial charge on any atom is -0.467 e. The summed E-state index contributed by atoms with van der Waals surface area (Å²) in [6.45, 7) is 0.208. The summed E-state index contributed by atoms with van der Waals surface area (Å²) < 4.78 is 19.1. The molecular formula is C19H14ClFN2O3. The first kappa shape index (κ1) is 17.7. The van der Waals surface area contributed by atoms with E-state index in [1.54, 1.807) is 36.4 Å². The summed E-state index contributed by atoms with van der Waals surface area (Å²) in [5.41, 5.74) is 0.353. The number of para-hydroxylation sites is 1. The fourth-order valence-corrected chi connectivity index (χ4v) is 2.49. The highest BCUT2D eigenvalue weighted by Crippen LogP contribution is 2.19. The lowest BCUT2D eigenvalue weighted by Gasteiger charge is -2.11. The van der Waals surface area contributed by atoms with Gasteiger partial charge in [-0.2, -0.15) is 0 Å². The number of carbonyl (C=O) groups is 2. The average molecular weight is 373 g/mol. The Morgan fingerprint density at radius 3 is 2.54 bits per heavy atom. The molecule has 0 spiro atoms. The van der Waals surface area contributed by atoms with Gasteiger partial charge in [0, 0.05) is 5.02 Å². The molecule has 0 radical (unpaired) electrons. The van der Waals surface area contributed by atoms with Gasteiger partial charge in [-0.3, -0.25) is 9.59 Å². The average Bonchev–Trinajstić information content (AvgIpc) is 3.13. The molecule has 0 atom stereocenters. The molecule has 26 heavy (non-hydrogen) atoms. The molecule has 0 fully saturated rings. The molecule has 7 heteroatoms. The molecule has 2 N–H and O–H groups in total. The number of hydrogen-bond donors (Lipinski definition) is 2. The number of furan rings is 1. The molecule has 0 aliphatic carbocycles. The monoisotopic (exact) mass is 372 g/mol. The lowest BCUT2D eigenvalue weighted by Crippen LogP contribution is -2.24. The molecule has 3 rings (SSSR count). The number of benzene rings is 2. The predicted molar refractivity (Wildman–Crippen MR) is 95.7 cm³/mol. The van der Waals surface area contributed by atoms with Crippen LogP contribution in [0, 0.1) is 5.82 Å². The van der Waals surface area contributed by atoms with Gasteiger partial charge in [0.05, 0.1) is 29.6 Å². The summed E-state index contributed by atoms with van der Waals surface area (Å²) in [5, 5.41) is 5.44. The first-order valence-electron chi connectivity index (χ1n) is 7.70. The van der Waals surface area contributed by atoms with Crippen molar-refractivity contribution in [3.8, 4) is 0 Å². The van der Waals surface area contributed by atoms with E-state index in [1.165, 1.54) is 18.4 Å². The molecule has 0 saturated heterocycles. The zero-order valence-electron chi connectivity index (χ0n) is 13.5. The van der Waals surface area contributed by atoms with Crippen LogP contribution in [0.15, 0.2) is 65.3 Å². The highest BCUT2D eigenvalue weighted by molar-refractivity contribution is 6.30. The van der Waals surface area contributed by atoms with Crippen molar-refractivity contribution in [2.45, 2.75) is 6.54 Å². The molecule has 5 nitrogen and oxygen atoms in total. The van der Waals surface area contributed by atoms with Crippen molar-refractivity contribution in [3.05, 3.63) is 88.6 Å². The molecule has 1 heterocycles. The molecule has 2 amide bonds. The molecular weight excluding hydrogens is 359 g/mol. The van der Waals surface area contributed by atoms with E-state index in [4.69, 9.17) is 16.0 Å². The van der Waals surface area contributed by atoms with Crippen LogP contribution in [0.25, 0.3) is 0 Å². The molecule has 0 aliphatic heterocycles. The molecule has 0 unspecified atom stereocenters. The Kier molecular flexibility index (Phi) is 5.34. The van der Waals surface area contributed by atoms with Gasteiger partial charge in [-0.05, 0) is 42.5 Å². The number of amides is 2. The van der Waals surface area contributed by atoms with E-state index in [1.807, 2.05) is 0 Å². The van der Waals surface area contributed by atoms with E-state index in [-0.39, 0.29) is 28.4 Å². The summed E-state index contributed by atoms with van der Waals surface area (Å²) in [6.07, 6.45) is 1.51. The zero-order chi connectivity index (χ0) is 18.5. The van der Waals surface area contributed by atoms with E-state index in [0.29, 0.717) is 5.76 Å². The van der Waals surface area contributed by atoms with Crippen LogP contribution >= 0.6 is 11.6 Å².